The molecule has 0 saturated heterocycles. The van der Waals surface area contributed by atoms with Gasteiger partial charge in [-0.2, -0.15) is 0 Å². The number of nitrogens with zero attached hydrogens (tertiary/aromatic N) is 3. The monoisotopic (exact) mass is 623 g/mol. The van der Waals surface area contributed by atoms with Gasteiger partial charge in [0.15, 0.2) is 0 Å². The molecular formula is C43H33N3O2. The summed E-state index contributed by atoms with van der Waals surface area (Å²) in [6, 6.07) is 57.8. The van der Waals surface area contributed by atoms with Crippen molar-refractivity contribution in [3.63, 3.8) is 0 Å². The van der Waals surface area contributed by atoms with Crippen molar-refractivity contribution in [2.24, 2.45) is 0 Å². The SMILES string of the molecule is COC(=O)c1cc(-c2ccccc2)nc2ccccc12.c1ccc(-c2ccc3ccccc3n2)cc1.c1ccc(-c2ccccn2)cc1. The molecular weight excluding hydrogens is 590 g/mol. The lowest BCUT2D eigenvalue weighted by atomic mass is 10.0. The van der Waals surface area contributed by atoms with E-state index < -0.39 is 0 Å². The van der Waals surface area contributed by atoms with Crippen LogP contribution in [-0.4, -0.2) is 28.0 Å². The highest BCUT2D eigenvalue weighted by Gasteiger charge is 2.13. The van der Waals surface area contributed by atoms with Crippen molar-refractivity contribution in [3.8, 4) is 33.8 Å². The second kappa shape index (κ2) is 15.7. The Morgan fingerprint density at radius 2 is 1.00 bits per heavy atom. The number of esters is 1. The van der Waals surface area contributed by atoms with E-state index in [2.05, 4.69) is 57.4 Å². The Kier molecular flexibility index (Phi) is 10.3. The van der Waals surface area contributed by atoms with Crippen molar-refractivity contribution >= 4 is 27.8 Å². The van der Waals surface area contributed by atoms with Crippen LogP contribution in [0.2, 0.25) is 0 Å². The zero-order chi connectivity index (χ0) is 33.0. The quantitative estimate of drug-likeness (QED) is 0.183. The lowest BCUT2D eigenvalue weighted by Crippen LogP contribution is -2.03. The van der Waals surface area contributed by atoms with Gasteiger partial charge < -0.3 is 4.74 Å². The van der Waals surface area contributed by atoms with E-state index in [1.807, 2.05) is 134 Å². The number of aromatic nitrogens is 3. The van der Waals surface area contributed by atoms with E-state index in [0.717, 1.165) is 50.2 Å². The molecule has 0 bridgehead atoms. The number of benzene rings is 5. The molecule has 5 aromatic carbocycles. The zero-order valence-electron chi connectivity index (χ0n) is 26.5. The lowest BCUT2D eigenvalue weighted by Gasteiger charge is -2.08. The van der Waals surface area contributed by atoms with Gasteiger partial charge in [0.1, 0.15) is 0 Å². The maximum atomic E-state index is 12.0. The van der Waals surface area contributed by atoms with E-state index in [4.69, 9.17) is 4.74 Å². The molecule has 0 radical (unpaired) electrons. The van der Waals surface area contributed by atoms with Crippen molar-refractivity contribution in [3.05, 3.63) is 188 Å². The van der Waals surface area contributed by atoms with E-state index in [9.17, 15) is 4.79 Å². The molecule has 0 aliphatic carbocycles. The van der Waals surface area contributed by atoms with Crippen LogP contribution >= 0.6 is 0 Å². The molecule has 8 rings (SSSR count). The van der Waals surface area contributed by atoms with E-state index in [1.54, 1.807) is 6.07 Å². The number of carbonyl (C=O) groups excluding carboxylic acids is 1. The summed E-state index contributed by atoms with van der Waals surface area (Å²) in [4.78, 5) is 25.5. The van der Waals surface area contributed by atoms with Gasteiger partial charge in [-0.3, -0.25) is 4.98 Å². The summed E-state index contributed by atoms with van der Waals surface area (Å²) in [5, 5.41) is 1.99. The molecule has 3 aromatic heterocycles. The Morgan fingerprint density at radius 3 is 1.62 bits per heavy atom. The summed E-state index contributed by atoms with van der Waals surface area (Å²) in [7, 11) is 1.39. The van der Waals surface area contributed by atoms with Crippen molar-refractivity contribution in [2.45, 2.75) is 0 Å². The third-order valence-corrected chi connectivity index (χ3v) is 7.59. The van der Waals surface area contributed by atoms with Gasteiger partial charge in [0, 0.05) is 33.7 Å². The Labute approximate surface area is 280 Å². The predicted octanol–water partition coefficient (Wildman–Crippen LogP) is 10.3. The molecule has 0 aliphatic heterocycles. The first kappa shape index (κ1) is 31.5. The molecule has 5 nitrogen and oxygen atoms in total. The van der Waals surface area contributed by atoms with Gasteiger partial charge in [-0.1, -0.05) is 140 Å². The van der Waals surface area contributed by atoms with Crippen molar-refractivity contribution in [2.75, 3.05) is 7.11 Å². The minimum absolute atomic E-state index is 0.346. The smallest absolute Gasteiger partial charge is 0.338 e. The fourth-order valence-corrected chi connectivity index (χ4v) is 5.19. The first-order chi connectivity index (χ1) is 23.7. The van der Waals surface area contributed by atoms with E-state index in [-0.39, 0.29) is 5.97 Å². The molecule has 5 heteroatoms. The number of hydrogen-bond acceptors (Lipinski definition) is 5. The first-order valence-electron chi connectivity index (χ1n) is 15.6. The van der Waals surface area contributed by atoms with Crippen LogP contribution in [0.3, 0.4) is 0 Å². The van der Waals surface area contributed by atoms with Crippen LogP contribution in [0.1, 0.15) is 10.4 Å². The fraction of sp³-hybridized carbons (Fsp3) is 0.0233. The summed E-state index contributed by atoms with van der Waals surface area (Å²) >= 11 is 0. The Bertz CT molecular complexity index is 2190. The molecule has 0 N–H and O–H groups in total. The van der Waals surface area contributed by atoms with Crippen LogP contribution < -0.4 is 0 Å². The minimum Gasteiger partial charge on any atom is -0.465 e. The molecule has 0 unspecified atom stereocenters. The number of carbonyl (C=O) groups is 1. The van der Waals surface area contributed by atoms with Gasteiger partial charge in [0.2, 0.25) is 0 Å². The first-order valence-corrected chi connectivity index (χ1v) is 15.6. The average Bonchev–Trinajstić information content (AvgIpc) is 3.19. The largest absolute Gasteiger partial charge is 0.465 e. The molecule has 0 amide bonds. The number of rotatable bonds is 4. The topological polar surface area (TPSA) is 65.0 Å². The molecule has 48 heavy (non-hydrogen) atoms. The van der Waals surface area contributed by atoms with E-state index in [0.29, 0.717) is 5.56 Å². The summed E-state index contributed by atoms with van der Waals surface area (Å²) in [5.41, 5.74) is 8.49. The molecule has 3 heterocycles. The van der Waals surface area contributed by atoms with Crippen LogP contribution in [0, 0.1) is 0 Å². The molecule has 0 atom stereocenters. The molecule has 0 saturated carbocycles. The Morgan fingerprint density at radius 1 is 0.479 bits per heavy atom. The van der Waals surface area contributed by atoms with Gasteiger partial charge >= 0.3 is 5.97 Å². The molecule has 0 fully saturated rings. The predicted molar refractivity (Wildman–Crippen MR) is 195 cm³/mol. The second-order valence-corrected chi connectivity index (χ2v) is 10.8. The van der Waals surface area contributed by atoms with Crippen molar-refractivity contribution in [1.29, 1.82) is 0 Å². The highest BCUT2D eigenvalue weighted by atomic mass is 16.5. The maximum absolute atomic E-state index is 12.0. The number of hydrogen-bond donors (Lipinski definition) is 0. The molecule has 0 spiro atoms. The number of pyridine rings is 3. The second-order valence-electron chi connectivity index (χ2n) is 10.8. The van der Waals surface area contributed by atoms with Crippen molar-refractivity contribution < 1.29 is 9.53 Å². The summed E-state index contributed by atoms with van der Waals surface area (Å²) in [5.74, 6) is -0.346. The maximum Gasteiger partial charge on any atom is 0.338 e. The standard InChI is InChI=1S/C17H13NO2.C15H11N.C11H9N/c1-20-17(19)14-11-16(12-7-3-2-4-8-12)18-15-10-6-5-9-13(14)15;1-2-6-12(7-3-1)15-11-10-13-8-4-5-9-14(13)16-15;1-2-6-10(7-3-1)11-8-4-5-9-12-11/h2-11H,1H3;1-11H;1-9H. The number of methoxy groups -OCH3 is 1. The summed E-state index contributed by atoms with van der Waals surface area (Å²) in [6.45, 7) is 0. The average molecular weight is 624 g/mol. The number of fused-ring (bicyclic) bond motifs is 2. The van der Waals surface area contributed by atoms with Crippen LogP contribution in [0.25, 0.3) is 55.6 Å². The fourth-order valence-electron chi connectivity index (χ4n) is 5.19. The van der Waals surface area contributed by atoms with Gasteiger partial charge in [0.05, 0.1) is 40.8 Å². The summed E-state index contributed by atoms with van der Waals surface area (Å²) in [6.07, 6.45) is 1.81. The minimum atomic E-state index is -0.346. The molecule has 232 valence electrons. The van der Waals surface area contributed by atoms with E-state index in [1.165, 1.54) is 12.5 Å². The lowest BCUT2D eigenvalue weighted by molar-refractivity contribution is 0.0603. The highest BCUT2D eigenvalue weighted by Crippen LogP contribution is 2.25. The van der Waals surface area contributed by atoms with Gasteiger partial charge in [-0.05, 0) is 36.4 Å². The Balaban J connectivity index is 0.000000129. The van der Waals surface area contributed by atoms with Crippen molar-refractivity contribution in [1.82, 2.24) is 15.0 Å². The van der Waals surface area contributed by atoms with E-state index >= 15 is 0 Å². The Hall–Kier alpha value is -6.46. The third kappa shape index (κ3) is 7.84. The third-order valence-electron chi connectivity index (χ3n) is 7.59. The zero-order valence-corrected chi connectivity index (χ0v) is 26.5. The molecule has 0 aliphatic rings. The van der Waals surface area contributed by atoms with Crippen LogP contribution in [0.5, 0.6) is 0 Å². The van der Waals surface area contributed by atoms with Crippen LogP contribution in [0.4, 0.5) is 0 Å². The van der Waals surface area contributed by atoms with Gasteiger partial charge in [-0.25, -0.2) is 14.8 Å². The number of para-hydroxylation sites is 2. The molecule has 8 aromatic rings. The number of ether oxygens (including phenoxy) is 1. The van der Waals surface area contributed by atoms with Crippen LogP contribution in [0.15, 0.2) is 182 Å². The normalized spacial score (nSPS) is 10.3. The van der Waals surface area contributed by atoms with Crippen LogP contribution in [-0.2, 0) is 4.74 Å². The van der Waals surface area contributed by atoms with Gasteiger partial charge in [-0.15, -0.1) is 0 Å². The van der Waals surface area contributed by atoms with Gasteiger partial charge in [0.25, 0.3) is 0 Å². The summed E-state index contributed by atoms with van der Waals surface area (Å²) < 4.78 is 4.87. The highest BCUT2D eigenvalue weighted by molar-refractivity contribution is 6.04.